The second-order valence-corrected chi connectivity index (χ2v) is 3.77. The Balaban J connectivity index is 2.66. The Morgan fingerprint density at radius 2 is 1.94 bits per heavy atom. The predicted molar refractivity (Wildman–Crippen MR) is 54.5 cm³/mol. The van der Waals surface area contributed by atoms with Gasteiger partial charge >= 0.3 is 0 Å². The largest absolute Gasteiger partial charge is 0.394 e. The summed E-state index contributed by atoms with van der Waals surface area (Å²) in [5.41, 5.74) is 0. The lowest BCUT2D eigenvalue weighted by Gasteiger charge is -2.40. The van der Waals surface area contributed by atoms with Crippen molar-refractivity contribution in [1.29, 1.82) is 0 Å². The maximum Gasteiger partial charge on any atom is 0.187 e. The van der Waals surface area contributed by atoms with Gasteiger partial charge in [-0.1, -0.05) is 6.08 Å². The van der Waals surface area contributed by atoms with Gasteiger partial charge in [-0.3, -0.25) is 0 Å². The van der Waals surface area contributed by atoms with Gasteiger partial charge in [0, 0.05) is 0 Å². The molecule has 94 valence electrons. The number of aliphatic hydroxyl groups is 4. The summed E-state index contributed by atoms with van der Waals surface area (Å²) in [7, 11) is 0. The van der Waals surface area contributed by atoms with E-state index >= 15 is 0 Å². The van der Waals surface area contributed by atoms with Gasteiger partial charge in [0.2, 0.25) is 0 Å². The second kappa shape index (κ2) is 5.72. The topological polar surface area (TPSA) is 99.4 Å². The molecule has 0 amide bonds. The fourth-order valence-electron chi connectivity index (χ4n) is 1.45. The van der Waals surface area contributed by atoms with E-state index in [1.54, 1.807) is 6.92 Å². The minimum Gasteiger partial charge on any atom is -0.394 e. The molecule has 0 saturated carbocycles. The molecule has 1 fully saturated rings. The van der Waals surface area contributed by atoms with Gasteiger partial charge in [0.05, 0.1) is 12.7 Å². The van der Waals surface area contributed by atoms with Crippen molar-refractivity contribution in [2.45, 2.75) is 43.7 Å². The molecular formula is C10H18O6. The van der Waals surface area contributed by atoms with E-state index in [0.29, 0.717) is 0 Å². The Morgan fingerprint density at radius 1 is 1.31 bits per heavy atom. The average molecular weight is 234 g/mol. The number of hydrogen-bond donors (Lipinski definition) is 4. The predicted octanol–water partition coefficient (Wildman–Crippen LogP) is -1.62. The molecule has 0 bridgehead atoms. The molecule has 1 aliphatic heterocycles. The normalized spacial score (nSPS) is 41.7. The molecule has 0 aromatic rings. The van der Waals surface area contributed by atoms with Gasteiger partial charge in [-0.05, 0) is 6.92 Å². The van der Waals surface area contributed by atoms with Crippen LogP contribution in [0.3, 0.4) is 0 Å². The van der Waals surface area contributed by atoms with E-state index in [2.05, 4.69) is 6.58 Å². The maximum atomic E-state index is 9.59. The molecule has 1 aliphatic rings. The Labute approximate surface area is 93.7 Å². The Bertz CT molecular complexity index is 231. The average Bonchev–Trinajstić information content (AvgIpc) is 2.29. The van der Waals surface area contributed by atoms with Crippen LogP contribution in [0.2, 0.25) is 0 Å². The van der Waals surface area contributed by atoms with Crippen LogP contribution < -0.4 is 0 Å². The molecule has 0 radical (unpaired) electrons. The zero-order valence-corrected chi connectivity index (χ0v) is 9.06. The first-order chi connectivity index (χ1) is 7.51. The summed E-state index contributed by atoms with van der Waals surface area (Å²) < 4.78 is 10.4. The van der Waals surface area contributed by atoms with Crippen LogP contribution in [-0.4, -0.2) is 63.8 Å². The molecule has 0 aromatic heterocycles. The van der Waals surface area contributed by atoms with Crippen molar-refractivity contribution in [3.63, 3.8) is 0 Å². The molecule has 1 rings (SSSR count). The van der Waals surface area contributed by atoms with Crippen LogP contribution in [0.4, 0.5) is 0 Å². The van der Waals surface area contributed by atoms with Crippen LogP contribution in [0.5, 0.6) is 0 Å². The summed E-state index contributed by atoms with van der Waals surface area (Å²) in [6.07, 6.45) is -5.04. The van der Waals surface area contributed by atoms with E-state index in [9.17, 15) is 15.3 Å². The number of hydrogen-bond acceptors (Lipinski definition) is 6. The van der Waals surface area contributed by atoms with E-state index in [0.717, 1.165) is 0 Å². The fourth-order valence-corrected chi connectivity index (χ4v) is 1.45. The first kappa shape index (κ1) is 13.6. The smallest absolute Gasteiger partial charge is 0.187 e. The zero-order valence-electron chi connectivity index (χ0n) is 9.06. The molecule has 16 heavy (non-hydrogen) atoms. The van der Waals surface area contributed by atoms with E-state index in [-0.39, 0.29) is 6.10 Å². The minimum atomic E-state index is -1.41. The Morgan fingerprint density at radius 3 is 2.44 bits per heavy atom. The molecule has 0 unspecified atom stereocenters. The van der Waals surface area contributed by atoms with Gasteiger partial charge in [-0.2, -0.15) is 0 Å². The van der Waals surface area contributed by atoms with Crippen LogP contribution >= 0.6 is 0 Å². The summed E-state index contributed by atoms with van der Waals surface area (Å²) in [5, 5.41) is 37.5. The van der Waals surface area contributed by atoms with E-state index in [1.165, 1.54) is 6.08 Å². The molecule has 0 aromatic carbocycles. The van der Waals surface area contributed by atoms with Crippen molar-refractivity contribution >= 4 is 0 Å². The van der Waals surface area contributed by atoms with Gasteiger partial charge in [-0.15, -0.1) is 6.58 Å². The van der Waals surface area contributed by atoms with Crippen molar-refractivity contribution in [1.82, 2.24) is 0 Å². The van der Waals surface area contributed by atoms with Crippen molar-refractivity contribution in [3.8, 4) is 0 Å². The molecule has 0 spiro atoms. The number of ether oxygens (including phenoxy) is 2. The quantitative estimate of drug-likeness (QED) is 0.436. The highest BCUT2D eigenvalue weighted by Gasteiger charge is 2.44. The summed E-state index contributed by atoms with van der Waals surface area (Å²) in [5.74, 6) is 0. The highest BCUT2D eigenvalue weighted by Crippen LogP contribution is 2.22. The third-order valence-corrected chi connectivity index (χ3v) is 2.53. The van der Waals surface area contributed by atoms with E-state index in [4.69, 9.17) is 14.6 Å². The Hall–Kier alpha value is -0.500. The van der Waals surface area contributed by atoms with Gasteiger partial charge in [0.1, 0.15) is 24.4 Å². The molecular weight excluding hydrogens is 216 g/mol. The van der Waals surface area contributed by atoms with Crippen LogP contribution in [0.25, 0.3) is 0 Å². The van der Waals surface area contributed by atoms with Crippen LogP contribution in [-0.2, 0) is 9.47 Å². The van der Waals surface area contributed by atoms with Crippen molar-refractivity contribution in [2.24, 2.45) is 0 Å². The van der Waals surface area contributed by atoms with Crippen LogP contribution in [0.1, 0.15) is 6.92 Å². The van der Waals surface area contributed by atoms with Crippen molar-refractivity contribution in [3.05, 3.63) is 12.7 Å². The lowest BCUT2D eigenvalue weighted by atomic mass is 9.99. The van der Waals surface area contributed by atoms with E-state index in [1.807, 2.05) is 0 Å². The third kappa shape index (κ3) is 2.79. The molecule has 6 heteroatoms. The summed E-state index contributed by atoms with van der Waals surface area (Å²) in [6, 6.07) is 0. The minimum absolute atomic E-state index is 0.374. The zero-order chi connectivity index (χ0) is 12.3. The third-order valence-electron chi connectivity index (χ3n) is 2.53. The lowest BCUT2D eigenvalue weighted by molar-refractivity contribution is -0.306. The number of aliphatic hydroxyl groups excluding tert-OH is 4. The molecule has 6 atom stereocenters. The Kier molecular flexibility index (Phi) is 4.85. The lowest BCUT2D eigenvalue weighted by Crippen LogP contribution is -2.59. The summed E-state index contributed by atoms with van der Waals surface area (Å²) in [4.78, 5) is 0. The maximum absolute atomic E-state index is 9.59. The van der Waals surface area contributed by atoms with Gasteiger partial charge < -0.3 is 29.9 Å². The van der Waals surface area contributed by atoms with Gasteiger partial charge in [0.15, 0.2) is 6.29 Å². The molecule has 6 nitrogen and oxygen atoms in total. The molecule has 1 heterocycles. The summed E-state index contributed by atoms with van der Waals surface area (Å²) >= 11 is 0. The first-order valence-electron chi connectivity index (χ1n) is 5.09. The van der Waals surface area contributed by atoms with Crippen LogP contribution in [0, 0.1) is 0 Å². The molecule has 4 N–H and O–H groups in total. The monoisotopic (exact) mass is 234 g/mol. The summed E-state index contributed by atoms with van der Waals surface area (Å²) in [6.45, 7) is 4.72. The van der Waals surface area contributed by atoms with Crippen molar-refractivity contribution < 1.29 is 29.9 Å². The van der Waals surface area contributed by atoms with Gasteiger partial charge in [0.25, 0.3) is 0 Å². The second-order valence-electron chi connectivity index (χ2n) is 3.77. The fraction of sp³-hybridized carbons (Fsp3) is 0.800. The highest BCUT2D eigenvalue weighted by atomic mass is 16.7. The molecule has 1 saturated heterocycles. The molecule has 0 aliphatic carbocycles. The van der Waals surface area contributed by atoms with Crippen LogP contribution in [0.15, 0.2) is 12.7 Å². The standard InChI is InChI=1S/C10H18O6/c1-3-5(2)15-10-9(14)8(13)7(12)6(4-11)16-10/h3,5-14H,1,4H2,2H3/t5-,6+,7+,8-,9+,10+/m0/s1. The highest BCUT2D eigenvalue weighted by molar-refractivity contribution is 4.90. The van der Waals surface area contributed by atoms with Gasteiger partial charge in [-0.25, -0.2) is 0 Å². The first-order valence-corrected chi connectivity index (χ1v) is 5.09. The van der Waals surface area contributed by atoms with E-state index < -0.39 is 37.3 Å². The SMILES string of the molecule is C=C[C@H](C)O[C@@H]1O[C@H](CO)[C@@H](O)[C@H](O)[C@H]1O. The number of rotatable bonds is 4. The van der Waals surface area contributed by atoms with Crippen molar-refractivity contribution in [2.75, 3.05) is 6.61 Å².